The summed E-state index contributed by atoms with van der Waals surface area (Å²) in [6.45, 7) is 4.99. The summed E-state index contributed by atoms with van der Waals surface area (Å²) in [7, 11) is 0. The number of fused-ring (bicyclic) bond motifs is 1. The first-order valence-electron chi connectivity index (χ1n) is 9.93. The van der Waals surface area contributed by atoms with E-state index < -0.39 is 0 Å². The molecule has 0 fully saturated rings. The van der Waals surface area contributed by atoms with Crippen LogP contribution in [0.4, 0.5) is 0 Å². The van der Waals surface area contributed by atoms with Crippen LogP contribution in [0.1, 0.15) is 45.6 Å². The highest BCUT2D eigenvalue weighted by Crippen LogP contribution is 2.20. The van der Waals surface area contributed by atoms with Crippen molar-refractivity contribution in [2.75, 3.05) is 6.54 Å². The zero-order valence-electron chi connectivity index (χ0n) is 16.3. The molecule has 1 aliphatic heterocycles. The van der Waals surface area contributed by atoms with Crippen LogP contribution in [-0.2, 0) is 19.5 Å². The van der Waals surface area contributed by atoms with Crippen molar-refractivity contribution in [3.8, 4) is 0 Å². The summed E-state index contributed by atoms with van der Waals surface area (Å²) < 4.78 is 0. The lowest BCUT2D eigenvalue weighted by Gasteiger charge is -2.28. The number of nitrogens with zero attached hydrogens (tertiary/aromatic N) is 1. The molecule has 1 heterocycles. The topological polar surface area (TPSA) is 32.3 Å². The van der Waals surface area contributed by atoms with E-state index in [4.69, 9.17) is 0 Å². The van der Waals surface area contributed by atoms with Crippen LogP contribution in [0.2, 0.25) is 0 Å². The number of carbonyl (C=O) groups excluding carboxylic acids is 1. The van der Waals surface area contributed by atoms with Gasteiger partial charge in [-0.15, -0.1) is 0 Å². The molecule has 3 aromatic carbocycles. The van der Waals surface area contributed by atoms with Gasteiger partial charge in [-0.25, -0.2) is 0 Å². The summed E-state index contributed by atoms with van der Waals surface area (Å²) in [6.07, 6.45) is 1.11. The van der Waals surface area contributed by atoms with E-state index in [-0.39, 0.29) is 11.9 Å². The maximum Gasteiger partial charge on any atom is 0.251 e. The third-order valence-corrected chi connectivity index (χ3v) is 5.48. The Kier molecular flexibility index (Phi) is 5.54. The zero-order valence-corrected chi connectivity index (χ0v) is 16.3. The highest BCUT2D eigenvalue weighted by molar-refractivity contribution is 5.94. The molecule has 0 saturated carbocycles. The lowest BCUT2D eigenvalue weighted by atomic mass is 9.99. The van der Waals surface area contributed by atoms with E-state index in [0.717, 1.165) is 31.6 Å². The van der Waals surface area contributed by atoms with E-state index >= 15 is 0 Å². The molecule has 0 spiro atoms. The van der Waals surface area contributed by atoms with E-state index in [0.29, 0.717) is 5.56 Å². The molecule has 3 heteroatoms. The number of carbonyl (C=O) groups is 1. The molecule has 1 unspecified atom stereocenters. The summed E-state index contributed by atoms with van der Waals surface area (Å²) in [5, 5.41) is 3.07. The first kappa shape index (κ1) is 18.5. The second-order valence-electron chi connectivity index (χ2n) is 7.53. The van der Waals surface area contributed by atoms with Crippen molar-refractivity contribution in [2.24, 2.45) is 0 Å². The van der Waals surface area contributed by atoms with Crippen molar-refractivity contribution in [2.45, 2.75) is 32.5 Å². The molecule has 1 aliphatic rings. The van der Waals surface area contributed by atoms with E-state index in [1.54, 1.807) is 0 Å². The van der Waals surface area contributed by atoms with Crippen molar-refractivity contribution >= 4 is 5.91 Å². The molecule has 0 radical (unpaired) electrons. The second-order valence-corrected chi connectivity index (χ2v) is 7.53. The average Bonchev–Trinajstić information content (AvgIpc) is 2.75. The van der Waals surface area contributed by atoms with Gasteiger partial charge in [-0.05, 0) is 47.7 Å². The largest absolute Gasteiger partial charge is 0.346 e. The minimum Gasteiger partial charge on any atom is -0.346 e. The van der Waals surface area contributed by atoms with Gasteiger partial charge in [0, 0.05) is 25.2 Å². The van der Waals surface area contributed by atoms with Gasteiger partial charge in [0.25, 0.3) is 5.91 Å². The summed E-state index contributed by atoms with van der Waals surface area (Å²) in [4.78, 5) is 15.0. The van der Waals surface area contributed by atoms with Crippen LogP contribution in [0.15, 0.2) is 78.9 Å². The molecule has 1 amide bonds. The fourth-order valence-corrected chi connectivity index (χ4v) is 3.81. The molecule has 1 N–H and O–H groups in total. The molecule has 0 saturated heterocycles. The maximum atomic E-state index is 12.5. The van der Waals surface area contributed by atoms with Crippen molar-refractivity contribution in [3.63, 3.8) is 0 Å². The van der Waals surface area contributed by atoms with Crippen LogP contribution >= 0.6 is 0 Å². The van der Waals surface area contributed by atoms with E-state index in [9.17, 15) is 4.79 Å². The molecule has 28 heavy (non-hydrogen) atoms. The number of benzene rings is 3. The number of hydrogen-bond donors (Lipinski definition) is 1. The molecule has 0 bridgehead atoms. The van der Waals surface area contributed by atoms with Crippen molar-refractivity contribution < 1.29 is 4.79 Å². The Morgan fingerprint density at radius 3 is 2.36 bits per heavy atom. The lowest BCUT2D eigenvalue weighted by molar-refractivity contribution is 0.0940. The Morgan fingerprint density at radius 2 is 1.61 bits per heavy atom. The summed E-state index contributed by atoms with van der Waals surface area (Å²) in [5.41, 5.74) is 5.96. The molecular formula is C25H26N2O. The number of rotatable bonds is 5. The van der Waals surface area contributed by atoms with E-state index in [1.165, 1.54) is 16.7 Å². The van der Waals surface area contributed by atoms with Gasteiger partial charge in [0.2, 0.25) is 0 Å². The van der Waals surface area contributed by atoms with Gasteiger partial charge >= 0.3 is 0 Å². The quantitative estimate of drug-likeness (QED) is 0.704. The average molecular weight is 370 g/mol. The van der Waals surface area contributed by atoms with Gasteiger partial charge in [-0.3, -0.25) is 9.69 Å². The van der Waals surface area contributed by atoms with Gasteiger partial charge in [-0.1, -0.05) is 66.7 Å². The minimum atomic E-state index is -0.0326. The van der Waals surface area contributed by atoms with Crippen LogP contribution in [-0.4, -0.2) is 17.4 Å². The molecule has 0 aromatic heterocycles. The van der Waals surface area contributed by atoms with Crippen LogP contribution in [0, 0.1) is 0 Å². The monoisotopic (exact) mass is 370 g/mol. The molecular weight excluding hydrogens is 344 g/mol. The third-order valence-electron chi connectivity index (χ3n) is 5.48. The molecule has 3 aromatic rings. The van der Waals surface area contributed by atoms with Gasteiger partial charge in [-0.2, -0.15) is 0 Å². The Bertz CT molecular complexity index is 934. The lowest BCUT2D eigenvalue weighted by Crippen LogP contribution is -2.30. The van der Waals surface area contributed by atoms with Gasteiger partial charge < -0.3 is 5.32 Å². The normalized spacial score (nSPS) is 14.9. The molecule has 4 rings (SSSR count). The predicted octanol–water partition coefficient (Wildman–Crippen LogP) is 4.74. The number of amides is 1. The smallest absolute Gasteiger partial charge is 0.251 e. The van der Waals surface area contributed by atoms with Gasteiger partial charge in [0.05, 0.1) is 6.04 Å². The van der Waals surface area contributed by atoms with Gasteiger partial charge in [0.1, 0.15) is 0 Å². The van der Waals surface area contributed by atoms with Crippen LogP contribution in [0.25, 0.3) is 0 Å². The Balaban J connectivity index is 1.35. The fourth-order valence-electron chi connectivity index (χ4n) is 3.81. The highest BCUT2D eigenvalue weighted by Gasteiger charge is 2.16. The van der Waals surface area contributed by atoms with Crippen LogP contribution in [0.3, 0.4) is 0 Å². The fraction of sp³-hybridized carbons (Fsp3) is 0.240. The molecule has 0 aliphatic carbocycles. The van der Waals surface area contributed by atoms with Crippen molar-refractivity contribution in [3.05, 3.63) is 107 Å². The Morgan fingerprint density at radius 1 is 0.929 bits per heavy atom. The highest BCUT2D eigenvalue weighted by atomic mass is 16.1. The van der Waals surface area contributed by atoms with Crippen molar-refractivity contribution in [1.29, 1.82) is 0 Å². The molecule has 142 valence electrons. The van der Waals surface area contributed by atoms with Crippen molar-refractivity contribution in [1.82, 2.24) is 10.2 Å². The second kappa shape index (κ2) is 8.41. The third kappa shape index (κ3) is 4.32. The predicted molar refractivity (Wildman–Crippen MR) is 113 cm³/mol. The first-order valence-corrected chi connectivity index (χ1v) is 9.93. The molecule has 1 atom stereocenters. The minimum absolute atomic E-state index is 0.0122. The number of hydrogen-bond acceptors (Lipinski definition) is 2. The molecule has 3 nitrogen and oxygen atoms in total. The zero-order chi connectivity index (χ0) is 19.3. The summed E-state index contributed by atoms with van der Waals surface area (Å²) in [6, 6.07) is 26.7. The SMILES string of the molecule is CC(NC(=O)c1ccc(CN2CCc3ccccc3C2)cc1)c1ccccc1. The summed E-state index contributed by atoms with van der Waals surface area (Å²) >= 11 is 0. The Hall–Kier alpha value is -2.91. The van der Waals surface area contributed by atoms with Gasteiger partial charge in [0.15, 0.2) is 0 Å². The van der Waals surface area contributed by atoms with Crippen LogP contribution < -0.4 is 5.32 Å². The van der Waals surface area contributed by atoms with Crippen LogP contribution in [0.5, 0.6) is 0 Å². The van der Waals surface area contributed by atoms with E-state index in [2.05, 4.69) is 46.6 Å². The van der Waals surface area contributed by atoms with E-state index in [1.807, 2.05) is 49.4 Å². The maximum absolute atomic E-state index is 12.5. The first-order chi connectivity index (χ1) is 13.7. The standard InChI is InChI=1S/C25H26N2O/c1-19(21-7-3-2-4-8-21)26-25(28)23-13-11-20(12-14-23)17-27-16-15-22-9-5-6-10-24(22)18-27/h2-14,19H,15-18H2,1H3,(H,26,28). The summed E-state index contributed by atoms with van der Waals surface area (Å²) in [5.74, 6) is -0.0326. The Labute approximate surface area is 167 Å². The number of nitrogens with one attached hydrogen (secondary N) is 1.